The molecule has 0 fully saturated rings. The van der Waals surface area contributed by atoms with Crippen molar-refractivity contribution < 1.29 is 9.53 Å². The largest absolute Gasteiger partial charge is 0.360 e. The van der Waals surface area contributed by atoms with Gasteiger partial charge >= 0.3 is 0 Å². The van der Waals surface area contributed by atoms with E-state index in [-0.39, 0.29) is 5.91 Å². The number of ether oxygens (including phenoxy) is 1. The summed E-state index contributed by atoms with van der Waals surface area (Å²) >= 11 is 0. The van der Waals surface area contributed by atoms with Crippen molar-refractivity contribution in [2.24, 2.45) is 0 Å². The lowest BCUT2D eigenvalue weighted by atomic mass is 9.94. The van der Waals surface area contributed by atoms with Crippen LogP contribution in [0.1, 0.15) is 27.9 Å². The van der Waals surface area contributed by atoms with Crippen LogP contribution in [0.5, 0.6) is 0 Å². The van der Waals surface area contributed by atoms with E-state index in [1.807, 2.05) is 59.3 Å². The Morgan fingerprint density at radius 1 is 1.03 bits per heavy atom. The summed E-state index contributed by atoms with van der Waals surface area (Å²) in [5.41, 5.74) is 6.64. The van der Waals surface area contributed by atoms with Crippen molar-refractivity contribution in [3.63, 3.8) is 0 Å². The number of nitrogens with one attached hydrogen (secondary N) is 1. The molecule has 1 amide bonds. The first kappa shape index (κ1) is 24.9. The Kier molecular flexibility index (Phi) is 7.16. The minimum Gasteiger partial charge on any atom is -0.360 e. The molecule has 0 bridgehead atoms. The fourth-order valence-corrected chi connectivity index (χ4v) is 5.10. The van der Waals surface area contributed by atoms with Crippen molar-refractivity contribution in [1.29, 1.82) is 0 Å². The van der Waals surface area contributed by atoms with Crippen LogP contribution in [0, 0.1) is 0 Å². The van der Waals surface area contributed by atoms with Gasteiger partial charge in [-0.2, -0.15) is 5.10 Å². The van der Waals surface area contributed by atoms with Crippen LogP contribution in [0.3, 0.4) is 0 Å². The van der Waals surface area contributed by atoms with Crippen molar-refractivity contribution in [3.8, 4) is 0 Å². The molecule has 0 unspecified atom stereocenters. The van der Waals surface area contributed by atoms with Crippen molar-refractivity contribution in [3.05, 3.63) is 94.9 Å². The summed E-state index contributed by atoms with van der Waals surface area (Å²) in [4.78, 5) is 16.8. The van der Waals surface area contributed by atoms with Crippen molar-refractivity contribution >= 4 is 48.7 Å². The third kappa shape index (κ3) is 5.95. The molecule has 5 rings (SSSR count). The maximum absolute atomic E-state index is 12.7. The molecule has 1 aliphatic rings. The van der Waals surface area contributed by atoms with Crippen molar-refractivity contribution in [2.45, 2.75) is 39.0 Å². The number of nitrogens with zero attached hydrogens (tertiary/aromatic N) is 3. The molecule has 0 radical (unpaired) electrons. The van der Waals surface area contributed by atoms with Crippen LogP contribution >= 0.6 is 0 Å². The number of rotatable bonds is 8. The second-order valence-corrected chi connectivity index (χ2v) is 16.1. The van der Waals surface area contributed by atoms with Crippen molar-refractivity contribution in [2.75, 3.05) is 6.61 Å². The van der Waals surface area contributed by atoms with Gasteiger partial charge in [0, 0.05) is 44.6 Å². The van der Waals surface area contributed by atoms with Gasteiger partial charge in [-0.3, -0.25) is 9.78 Å². The van der Waals surface area contributed by atoms with Gasteiger partial charge < -0.3 is 10.1 Å². The Morgan fingerprint density at radius 2 is 1.84 bits per heavy atom. The molecular formula is C30H32N4O2Si. The molecule has 1 N–H and O–H groups in total. The first-order chi connectivity index (χ1) is 17.9. The van der Waals surface area contributed by atoms with Crippen LogP contribution in [0.25, 0.3) is 34.7 Å². The van der Waals surface area contributed by atoms with Gasteiger partial charge in [-0.05, 0) is 64.7 Å². The number of fused-ring (bicyclic) bond motifs is 2. The first-order valence-electron chi connectivity index (χ1n) is 12.6. The molecule has 188 valence electrons. The lowest BCUT2D eigenvalue weighted by Gasteiger charge is -2.19. The van der Waals surface area contributed by atoms with Gasteiger partial charge in [0.15, 0.2) is 0 Å². The molecule has 7 heteroatoms. The van der Waals surface area contributed by atoms with Crippen LogP contribution in [-0.4, -0.2) is 35.4 Å². The minimum atomic E-state index is -1.18. The normalized spacial score (nSPS) is 14.9. The Labute approximate surface area is 218 Å². The summed E-state index contributed by atoms with van der Waals surface area (Å²) in [7, 11) is -1.18. The van der Waals surface area contributed by atoms with Crippen LogP contribution in [0.15, 0.2) is 67.0 Å². The molecule has 1 aliphatic heterocycles. The third-order valence-corrected chi connectivity index (χ3v) is 8.16. The molecule has 3 heterocycles. The average molecular weight is 509 g/mol. The fraction of sp³-hybridized carbons (Fsp3) is 0.233. The molecule has 2 aromatic heterocycles. The quantitative estimate of drug-likeness (QED) is 0.178. The molecule has 0 saturated carbocycles. The average Bonchev–Trinajstić information content (AvgIpc) is 3.24. The second kappa shape index (κ2) is 10.7. The van der Waals surface area contributed by atoms with E-state index in [0.29, 0.717) is 18.8 Å². The van der Waals surface area contributed by atoms with E-state index in [9.17, 15) is 4.79 Å². The number of hydrogen-bond donors (Lipinski definition) is 1. The molecular weight excluding hydrogens is 476 g/mol. The highest BCUT2D eigenvalue weighted by molar-refractivity contribution is 6.76. The summed E-state index contributed by atoms with van der Waals surface area (Å²) in [6, 6.07) is 19.3. The first-order valence-corrected chi connectivity index (χ1v) is 16.3. The van der Waals surface area contributed by atoms with Crippen LogP contribution in [0.2, 0.25) is 25.7 Å². The third-order valence-electron chi connectivity index (χ3n) is 6.46. The Morgan fingerprint density at radius 3 is 2.65 bits per heavy atom. The van der Waals surface area contributed by atoms with Gasteiger partial charge in [0.2, 0.25) is 0 Å². The summed E-state index contributed by atoms with van der Waals surface area (Å²) in [5.74, 6) is -0.0528. The van der Waals surface area contributed by atoms with E-state index < -0.39 is 8.07 Å². The summed E-state index contributed by atoms with van der Waals surface area (Å²) in [5, 5.41) is 8.90. The lowest BCUT2D eigenvalue weighted by molar-refractivity contribution is -0.115. The zero-order chi connectivity index (χ0) is 25.8. The molecule has 6 nitrogen and oxygen atoms in total. The standard InChI is InChI=1S/C30H32N4O2Si/c1-37(2,3)17-16-36-21-34-29-19-23(18-27-25-7-5-4-6-24(25)20-32-30(27)35)8-10-26(29)28(33-34)11-9-22-12-14-31-15-13-22/h4-15,18-19H,16-17,20-21H2,1-3H3,(H,32,35)/b11-9+,27-18?. The summed E-state index contributed by atoms with van der Waals surface area (Å²) in [6.07, 6.45) is 9.59. The van der Waals surface area contributed by atoms with Crippen LogP contribution in [-0.2, 0) is 22.8 Å². The summed E-state index contributed by atoms with van der Waals surface area (Å²) < 4.78 is 7.98. The number of carbonyl (C=O) groups is 1. The Bertz CT molecular complexity index is 1480. The van der Waals surface area contributed by atoms with Gasteiger partial charge in [0.05, 0.1) is 11.2 Å². The van der Waals surface area contributed by atoms with Gasteiger partial charge in [-0.1, -0.05) is 56.0 Å². The van der Waals surface area contributed by atoms with Gasteiger partial charge in [0.1, 0.15) is 6.73 Å². The van der Waals surface area contributed by atoms with E-state index in [4.69, 9.17) is 9.84 Å². The Hall–Kier alpha value is -3.81. The highest BCUT2D eigenvalue weighted by atomic mass is 28.3. The zero-order valence-electron chi connectivity index (χ0n) is 21.6. The Balaban J connectivity index is 1.50. The van der Waals surface area contributed by atoms with Gasteiger partial charge in [-0.25, -0.2) is 4.68 Å². The molecule has 2 aromatic carbocycles. The number of pyridine rings is 1. The predicted molar refractivity (Wildman–Crippen MR) is 153 cm³/mol. The maximum atomic E-state index is 12.7. The number of amides is 1. The van der Waals surface area contributed by atoms with E-state index in [2.05, 4.69) is 48.1 Å². The van der Waals surface area contributed by atoms with Crippen LogP contribution in [0.4, 0.5) is 0 Å². The van der Waals surface area contributed by atoms with Crippen molar-refractivity contribution in [1.82, 2.24) is 20.1 Å². The second-order valence-electron chi connectivity index (χ2n) is 10.5. The summed E-state index contributed by atoms with van der Waals surface area (Å²) in [6.45, 7) is 8.70. The maximum Gasteiger partial charge on any atom is 0.252 e. The molecule has 0 spiro atoms. The van der Waals surface area contributed by atoms with E-state index in [0.717, 1.165) is 51.5 Å². The molecule has 37 heavy (non-hydrogen) atoms. The molecule has 0 aliphatic carbocycles. The zero-order valence-corrected chi connectivity index (χ0v) is 22.6. The number of carbonyl (C=O) groups excluding carboxylic acids is 1. The molecule has 0 atom stereocenters. The van der Waals surface area contributed by atoms with E-state index >= 15 is 0 Å². The van der Waals surface area contributed by atoms with Crippen LogP contribution < -0.4 is 5.32 Å². The fourth-order valence-electron chi connectivity index (χ4n) is 4.35. The van der Waals surface area contributed by atoms with E-state index in [1.54, 1.807) is 12.4 Å². The molecule has 0 saturated heterocycles. The highest BCUT2D eigenvalue weighted by Gasteiger charge is 2.20. The molecule has 4 aromatic rings. The number of hydrogen-bond acceptors (Lipinski definition) is 4. The smallest absolute Gasteiger partial charge is 0.252 e. The van der Waals surface area contributed by atoms with Gasteiger partial charge in [0.25, 0.3) is 5.91 Å². The SMILES string of the molecule is C[Si](C)(C)CCOCn1nc(/C=C/c2ccncc2)c2ccc(C=C3C(=O)NCc4ccccc43)cc21. The predicted octanol–water partition coefficient (Wildman–Crippen LogP) is 6.08. The highest BCUT2D eigenvalue weighted by Crippen LogP contribution is 2.28. The minimum absolute atomic E-state index is 0.0528. The monoisotopic (exact) mass is 508 g/mol. The van der Waals surface area contributed by atoms with E-state index in [1.165, 1.54) is 0 Å². The van der Waals surface area contributed by atoms with Gasteiger partial charge in [-0.15, -0.1) is 0 Å². The lowest BCUT2D eigenvalue weighted by Crippen LogP contribution is -2.29. The topological polar surface area (TPSA) is 69.0 Å². The number of benzene rings is 2. The number of aromatic nitrogens is 3.